The lowest BCUT2D eigenvalue weighted by atomic mass is 9.84. The number of carbonyl (C=O) groups is 2. The monoisotopic (exact) mass is 625 g/mol. The van der Waals surface area contributed by atoms with E-state index in [0.717, 1.165) is 16.8 Å². The van der Waals surface area contributed by atoms with Gasteiger partial charge in [-0.15, -0.1) is 0 Å². The molecular formula is C35H47NO9. The molecule has 1 N–H and O–H groups in total. The van der Waals surface area contributed by atoms with Crippen LogP contribution in [0.15, 0.2) is 52.2 Å². The quantitative estimate of drug-likeness (QED) is 0.190. The van der Waals surface area contributed by atoms with Crippen LogP contribution in [0, 0.1) is 24.7 Å². The van der Waals surface area contributed by atoms with E-state index >= 15 is 0 Å². The number of aryl methyl sites for hydroxylation is 1. The van der Waals surface area contributed by atoms with Crippen molar-refractivity contribution in [1.82, 2.24) is 4.98 Å². The molecule has 4 aliphatic rings. The Labute approximate surface area is 265 Å². The lowest BCUT2D eigenvalue weighted by Gasteiger charge is -2.33. The third kappa shape index (κ3) is 8.03. The molecule has 1 aromatic heterocycles. The summed E-state index contributed by atoms with van der Waals surface area (Å²) in [7, 11) is 1.63. The van der Waals surface area contributed by atoms with Crippen molar-refractivity contribution in [3.05, 3.63) is 59.4 Å². The third-order valence-corrected chi connectivity index (χ3v) is 9.63. The standard InChI is InChI=1S/C35H47NO9/c1-19(13-25-18-41-23(5)36-25)9-8-10-21(3)32(40-7)22(4)27-17-29(37)35(6)30(45-35)12-11-20(2)26-14-24(16-31(38)42-26)15-28-33(43-28)34(39)44-27/h8-13,18,20,22,24,26-30,32-33,37H,14-17H2,1-7H3/b9-8+,12-11+,19-13+,21-10+/t20-,22+,24+,26-,27+,28+,29+,30-,32+,33-,35-/m0/s1. The van der Waals surface area contributed by atoms with E-state index in [2.05, 4.69) is 4.98 Å². The Morgan fingerprint density at radius 2 is 1.91 bits per heavy atom. The molecule has 3 fully saturated rings. The first-order valence-electron chi connectivity index (χ1n) is 16.0. The van der Waals surface area contributed by atoms with Crippen LogP contribution in [0.1, 0.15) is 71.9 Å². The van der Waals surface area contributed by atoms with Crippen molar-refractivity contribution < 1.29 is 42.8 Å². The lowest BCUT2D eigenvalue weighted by molar-refractivity contribution is -0.159. The number of aliphatic hydroxyl groups is 1. The topological polar surface area (TPSA) is 133 Å². The minimum Gasteiger partial charge on any atom is -0.462 e. The van der Waals surface area contributed by atoms with Crippen molar-refractivity contribution in [3.8, 4) is 0 Å². The normalized spacial score (nSPS) is 38.0. The molecule has 0 unspecified atom stereocenters. The molecule has 1 aromatic rings. The SMILES string of the molecule is CO[C@H](/C(C)=C/C=C/C(C)=C/c1coc(C)n1)[C@H](C)[C@H]1C[C@@H](O)[C@]2(C)O[C@H]2/C=C/[C@H](C)[C@@H]2C[C@@H](CC(=O)O2)C[C@H]2O[C@@H]2C(=O)O1. The first-order chi connectivity index (χ1) is 21.4. The second-order valence-electron chi connectivity index (χ2n) is 13.3. The molecule has 5 rings (SSSR count). The number of allylic oxidation sites excluding steroid dienone is 4. The van der Waals surface area contributed by atoms with Crippen LogP contribution in [0.5, 0.6) is 0 Å². The molecule has 10 nitrogen and oxygen atoms in total. The Balaban J connectivity index is 1.33. The van der Waals surface area contributed by atoms with Gasteiger partial charge in [0.25, 0.3) is 0 Å². The van der Waals surface area contributed by atoms with Gasteiger partial charge in [-0.05, 0) is 56.8 Å². The van der Waals surface area contributed by atoms with Gasteiger partial charge in [0, 0.05) is 38.7 Å². The molecule has 4 aliphatic heterocycles. The summed E-state index contributed by atoms with van der Waals surface area (Å²) >= 11 is 0. The summed E-state index contributed by atoms with van der Waals surface area (Å²) in [6, 6.07) is 0. The molecule has 0 amide bonds. The molecule has 11 atom stereocenters. The van der Waals surface area contributed by atoms with E-state index in [4.69, 9.17) is 28.1 Å². The number of rotatable bonds is 7. The predicted molar refractivity (Wildman–Crippen MR) is 166 cm³/mol. The van der Waals surface area contributed by atoms with Gasteiger partial charge >= 0.3 is 11.9 Å². The number of esters is 2. The summed E-state index contributed by atoms with van der Waals surface area (Å²) < 4.78 is 34.7. The number of aromatic nitrogens is 1. The van der Waals surface area contributed by atoms with Crippen molar-refractivity contribution in [2.75, 3.05) is 7.11 Å². The molecule has 3 saturated heterocycles. The van der Waals surface area contributed by atoms with E-state index in [1.807, 2.05) is 71.1 Å². The van der Waals surface area contributed by atoms with E-state index < -0.39 is 36.0 Å². The zero-order valence-corrected chi connectivity index (χ0v) is 27.3. The molecule has 0 radical (unpaired) electrons. The van der Waals surface area contributed by atoms with Gasteiger partial charge in [-0.25, -0.2) is 9.78 Å². The number of hydrogen-bond acceptors (Lipinski definition) is 10. The van der Waals surface area contributed by atoms with Gasteiger partial charge in [0.15, 0.2) is 12.0 Å². The minimum atomic E-state index is -0.905. The smallest absolute Gasteiger partial charge is 0.338 e. The van der Waals surface area contributed by atoms with Crippen LogP contribution in [0.4, 0.5) is 0 Å². The van der Waals surface area contributed by atoms with Crippen molar-refractivity contribution in [2.45, 2.75) is 116 Å². The number of epoxide rings is 2. The van der Waals surface area contributed by atoms with E-state index in [0.29, 0.717) is 25.2 Å². The zero-order valence-electron chi connectivity index (χ0n) is 27.3. The molecular weight excluding hydrogens is 578 g/mol. The highest BCUT2D eigenvalue weighted by Crippen LogP contribution is 2.44. The van der Waals surface area contributed by atoms with Crippen LogP contribution in [0.2, 0.25) is 0 Å². The van der Waals surface area contributed by atoms with E-state index in [9.17, 15) is 14.7 Å². The van der Waals surface area contributed by atoms with Gasteiger partial charge in [-0.1, -0.05) is 44.2 Å². The van der Waals surface area contributed by atoms with Crippen LogP contribution in [-0.4, -0.2) is 77.5 Å². The summed E-state index contributed by atoms with van der Waals surface area (Å²) in [5.74, 6) is -0.316. The van der Waals surface area contributed by atoms with Gasteiger partial charge < -0.3 is 33.2 Å². The highest BCUT2D eigenvalue weighted by Gasteiger charge is 2.57. The van der Waals surface area contributed by atoms with Crippen molar-refractivity contribution in [3.63, 3.8) is 0 Å². The number of hydrogen-bond donors (Lipinski definition) is 1. The second-order valence-corrected chi connectivity index (χ2v) is 13.3. The molecule has 0 aliphatic carbocycles. The molecule has 246 valence electrons. The molecule has 0 saturated carbocycles. The van der Waals surface area contributed by atoms with Gasteiger partial charge in [-0.3, -0.25) is 4.79 Å². The number of fused-ring (bicyclic) bond motifs is 4. The molecule has 2 bridgehead atoms. The number of methoxy groups -OCH3 is 1. The fourth-order valence-corrected chi connectivity index (χ4v) is 6.64. The number of oxazole rings is 1. The fraction of sp³-hybridized carbons (Fsp3) is 0.629. The maximum absolute atomic E-state index is 13.4. The lowest BCUT2D eigenvalue weighted by Crippen LogP contribution is -2.42. The first kappa shape index (κ1) is 33.3. The Kier molecular flexibility index (Phi) is 10.2. The van der Waals surface area contributed by atoms with Crippen LogP contribution in [-0.2, 0) is 33.3 Å². The van der Waals surface area contributed by atoms with Gasteiger partial charge in [0.1, 0.15) is 35.9 Å². The molecule has 0 aromatic carbocycles. The summed E-state index contributed by atoms with van der Waals surface area (Å²) in [6.45, 7) is 11.6. The average molecular weight is 626 g/mol. The van der Waals surface area contributed by atoms with Gasteiger partial charge in [0.2, 0.25) is 0 Å². The molecule has 5 heterocycles. The first-order valence-corrected chi connectivity index (χ1v) is 16.0. The summed E-state index contributed by atoms with van der Waals surface area (Å²) in [5.41, 5.74) is 1.86. The van der Waals surface area contributed by atoms with E-state index in [-0.39, 0.29) is 48.5 Å². The largest absolute Gasteiger partial charge is 0.462 e. The number of ether oxygens (including phenoxy) is 5. The zero-order chi connectivity index (χ0) is 32.5. The van der Waals surface area contributed by atoms with Crippen LogP contribution < -0.4 is 0 Å². The maximum Gasteiger partial charge on any atom is 0.338 e. The van der Waals surface area contributed by atoms with Crippen molar-refractivity contribution in [1.29, 1.82) is 0 Å². The van der Waals surface area contributed by atoms with Crippen LogP contribution >= 0.6 is 0 Å². The second kappa shape index (κ2) is 13.7. The number of carbonyl (C=O) groups excluding carboxylic acids is 2. The Morgan fingerprint density at radius 1 is 1.16 bits per heavy atom. The molecule has 45 heavy (non-hydrogen) atoms. The summed E-state index contributed by atoms with van der Waals surface area (Å²) in [6.07, 6.45) is 11.7. The molecule has 10 heteroatoms. The Bertz CT molecular complexity index is 1360. The molecule has 0 spiro atoms. The maximum atomic E-state index is 13.4. The Hall–Kier alpha value is -3.05. The van der Waals surface area contributed by atoms with E-state index in [1.165, 1.54) is 0 Å². The highest BCUT2D eigenvalue weighted by molar-refractivity contribution is 5.78. The van der Waals surface area contributed by atoms with Gasteiger partial charge in [-0.2, -0.15) is 0 Å². The van der Waals surface area contributed by atoms with Gasteiger partial charge in [0.05, 0.1) is 18.3 Å². The fourth-order valence-electron chi connectivity index (χ4n) is 6.64. The van der Waals surface area contributed by atoms with Crippen molar-refractivity contribution >= 4 is 18.0 Å². The highest BCUT2D eigenvalue weighted by atomic mass is 16.6. The van der Waals surface area contributed by atoms with Crippen LogP contribution in [0.25, 0.3) is 6.08 Å². The number of nitrogens with zero attached hydrogens (tertiary/aromatic N) is 1. The minimum absolute atomic E-state index is 0.0130. The Morgan fingerprint density at radius 3 is 2.62 bits per heavy atom. The summed E-state index contributed by atoms with van der Waals surface area (Å²) in [5, 5.41) is 11.4. The average Bonchev–Trinajstić information content (AvgIpc) is 3.86. The van der Waals surface area contributed by atoms with Crippen molar-refractivity contribution in [2.24, 2.45) is 17.8 Å². The number of cyclic esters (lactones) is 1. The van der Waals surface area contributed by atoms with E-state index in [1.54, 1.807) is 20.3 Å². The third-order valence-electron chi connectivity index (χ3n) is 9.63. The predicted octanol–water partition coefficient (Wildman–Crippen LogP) is 5.05. The van der Waals surface area contributed by atoms with Crippen LogP contribution in [0.3, 0.4) is 0 Å². The summed E-state index contributed by atoms with van der Waals surface area (Å²) in [4.78, 5) is 30.1. The number of aliphatic hydroxyl groups excluding tert-OH is 1.